The highest BCUT2D eigenvalue weighted by atomic mass is 35.5. The molecular formula is C22H22Cl3N7O10P2S2. The summed E-state index contributed by atoms with van der Waals surface area (Å²) in [7, 11) is 0. The summed E-state index contributed by atoms with van der Waals surface area (Å²) < 4.78 is 51.0. The van der Waals surface area contributed by atoms with Crippen LogP contribution in [-0.2, 0) is 43.9 Å². The number of imidazole rings is 2. The molecule has 24 heteroatoms. The number of aliphatic hydroxyl groups is 2. The van der Waals surface area contributed by atoms with Crippen molar-refractivity contribution >= 4 is 100 Å². The van der Waals surface area contributed by atoms with Crippen LogP contribution in [0, 0.1) is 0 Å². The maximum Gasteiger partial charge on any atom is 0.386 e. The number of benzene rings is 1. The lowest BCUT2D eigenvalue weighted by Gasteiger charge is -2.27. The Hall–Kier alpha value is -1.22. The molecule has 10 atom stereocenters. The van der Waals surface area contributed by atoms with E-state index in [-0.39, 0.29) is 32.3 Å². The highest BCUT2D eigenvalue weighted by molar-refractivity contribution is 8.44. The number of hydrogen-bond acceptors (Lipinski definition) is 15. The lowest BCUT2D eigenvalue weighted by molar-refractivity contribution is -0.0587. The number of anilines is 1. The van der Waals surface area contributed by atoms with Gasteiger partial charge in [-0.15, -0.1) is 0 Å². The van der Waals surface area contributed by atoms with E-state index in [1.165, 1.54) is 33.9 Å². The fourth-order valence-electron chi connectivity index (χ4n) is 5.45. The van der Waals surface area contributed by atoms with E-state index < -0.39 is 75.8 Å². The van der Waals surface area contributed by atoms with E-state index in [2.05, 4.69) is 32.2 Å². The molecule has 1 aromatic carbocycles. The predicted octanol–water partition coefficient (Wildman–Crippen LogP) is 3.01. The Kier molecular flexibility index (Phi) is 8.88. The van der Waals surface area contributed by atoms with Crippen molar-refractivity contribution in [3.8, 4) is 0 Å². The van der Waals surface area contributed by atoms with Crippen molar-refractivity contribution in [2.75, 3.05) is 18.9 Å². The third-order valence-electron chi connectivity index (χ3n) is 7.54. The van der Waals surface area contributed by atoms with Crippen molar-refractivity contribution in [2.45, 2.75) is 49.1 Å². The number of rotatable bonds is 2. The topological polar surface area (TPSA) is 221 Å². The minimum atomic E-state index is -4.34. The number of aliphatic hydroxyl groups excluding tert-OH is 2. The van der Waals surface area contributed by atoms with Gasteiger partial charge in [-0.05, 0) is 35.5 Å². The third-order valence-corrected chi connectivity index (χ3v) is 11.7. The van der Waals surface area contributed by atoms with Crippen LogP contribution in [0.4, 0.5) is 5.82 Å². The second kappa shape index (κ2) is 12.3. The van der Waals surface area contributed by atoms with Gasteiger partial charge in [-0.2, -0.15) is 0 Å². The molecule has 7 rings (SSSR count). The summed E-state index contributed by atoms with van der Waals surface area (Å²) in [5.41, 5.74) is 7.08. The van der Waals surface area contributed by atoms with Gasteiger partial charge in [0.2, 0.25) is 5.28 Å². The predicted molar refractivity (Wildman–Crippen MR) is 169 cm³/mol. The van der Waals surface area contributed by atoms with Crippen LogP contribution in [0.15, 0.2) is 24.8 Å². The first kappa shape index (κ1) is 33.3. The van der Waals surface area contributed by atoms with Gasteiger partial charge >= 0.3 is 13.5 Å². The lowest BCUT2D eigenvalue weighted by Crippen LogP contribution is -2.36. The Morgan fingerprint density at radius 1 is 0.978 bits per heavy atom. The van der Waals surface area contributed by atoms with E-state index in [1.54, 1.807) is 0 Å². The zero-order valence-corrected chi connectivity index (χ0v) is 28.5. The first-order valence-corrected chi connectivity index (χ1v) is 19.6. The summed E-state index contributed by atoms with van der Waals surface area (Å²) in [5, 5.41) is 22.9. The minimum absolute atomic E-state index is 0.0894. The van der Waals surface area contributed by atoms with Crippen molar-refractivity contribution in [1.82, 2.24) is 29.1 Å². The van der Waals surface area contributed by atoms with E-state index in [0.29, 0.717) is 11.0 Å². The Morgan fingerprint density at radius 2 is 1.70 bits per heavy atom. The van der Waals surface area contributed by atoms with Gasteiger partial charge in [-0.1, -0.05) is 35.5 Å². The van der Waals surface area contributed by atoms with Crippen molar-refractivity contribution in [1.29, 1.82) is 0 Å². The van der Waals surface area contributed by atoms with Crippen LogP contribution in [-0.4, -0.2) is 94.0 Å². The Balaban J connectivity index is 1.21. The maximum absolute atomic E-state index is 13.6. The second-order valence-corrected chi connectivity index (χ2v) is 17.2. The van der Waals surface area contributed by atoms with Crippen LogP contribution in [0.3, 0.4) is 0 Å². The number of hydrogen-bond donors (Lipinski definition) is 5. The molecule has 2 bridgehead atoms. The monoisotopic (exact) mass is 775 g/mol. The van der Waals surface area contributed by atoms with Gasteiger partial charge in [0.05, 0.1) is 40.6 Å². The van der Waals surface area contributed by atoms with Crippen molar-refractivity contribution in [2.24, 2.45) is 0 Å². The zero-order valence-electron chi connectivity index (χ0n) is 22.7. The van der Waals surface area contributed by atoms with E-state index in [4.69, 9.17) is 79.9 Å². The molecule has 3 saturated heterocycles. The van der Waals surface area contributed by atoms with Crippen molar-refractivity contribution in [3.63, 3.8) is 0 Å². The molecule has 6 heterocycles. The number of nitrogens with two attached hydrogens (primary N) is 1. The molecule has 17 nitrogen and oxygen atoms in total. The summed E-state index contributed by atoms with van der Waals surface area (Å²) in [6.45, 7) is -9.61. The van der Waals surface area contributed by atoms with Crippen LogP contribution in [0.2, 0.25) is 15.3 Å². The number of nitrogen functional groups attached to an aromatic ring is 1. The van der Waals surface area contributed by atoms with Gasteiger partial charge in [0, 0.05) is 0 Å². The molecule has 0 radical (unpaired) electrons. The maximum atomic E-state index is 13.6. The molecule has 3 aliphatic heterocycles. The normalized spacial score (nSPS) is 37.2. The number of ether oxygens (including phenoxy) is 2. The van der Waals surface area contributed by atoms with Crippen LogP contribution in [0.25, 0.3) is 22.2 Å². The number of thiol groups is 1. The molecule has 3 aromatic heterocycles. The highest BCUT2D eigenvalue weighted by Gasteiger charge is 2.53. The van der Waals surface area contributed by atoms with Gasteiger partial charge < -0.3 is 34.8 Å². The van der Waals surface area contributed by atoms with E-state index >= 15 is 0 Å². The van der Waals surface area contributed by atoms with E-state index in [9.17, 15) is 19.7 Å². The van der Waals surface area contributed by atoms with Crippen LogP contribution >= 0.6 is 60.6 Å². The van der Waals surface area contributed by atoms with Gasteiger partial charge in [0.1, 0.15) is 48.5 Å². The fraction of sp³-hybridized carbons (Fsp3) is 0.455. The smallest absolute Gasteiger partial charge is 0.386 e. The standard InChI is InChI=1S/C22H22Cl3N7O10P2S2/c23-7-1-9-10(2-8(7)24)32(22(25)30-9)20-15(34)16-12(40-20)4-38-44(36,46)42-17-14(33)11(3-37-43(35,45)41-16)39-21(17)31-6-29-13-18(26)27-5-28-19(13)31/h1-2,5-6,11-12,14-17,20-21,33-34H,3-4H2,(H,35,45)(H,36,46)(H2,26,27,28)/t11-,12-,14?,15?,16+,17+,20-,21-,43?,44?/m1/s1. The van der Waals surface area contributed by atoms with Gasteiger partial charge in [-0.3, -0.25) is 22.7 Å². The number of halogens is 3. The molecule has 5 N–H and O–H groups in total. The summed E-state index contributed by atoms with van der Waals surface area (Å²) in [6.07, 6.45) is -8.29. The molecule has 0 spiro atoms. The Morgan fingerprint density at radius 3 is 2.48 bits per heavy atom. The average Bonchev–Trinajstić information content (AvgIpc) is 3.71. The summed E-state index contributed by atoms with van der Waals surface area (Å²) in [5.74, 6) is 0.0894. The molecule has 0 aliphatic carbocycles. The fourth-order valence-corrected chi connectivity index (χ4v) is 8.95. The van der Waals surface area contributed by atoms with Crippen LogP contribution in [0.1, 0.15) is 12.5 Å². The minimum Gasteiger partial charge on any atom is -0.387 e. The molecule has 3 aliphatic rings. The third kappa shape index (κ3) is 5.98. The summed E-state index contributed by atoms with van der Waals surface area (Å²) in [4.78, 5) is 27.6. The molecule has 0 saturated carbocycles. The molecule has 4 aromatic rings. The van der Waals surface area contributed by atoms with Gasteiger partial charge in [0.15, 0.2) is 23.9 Å². The summed E-state index contributed by atoms with van der Waals surface area (Å²) >= 11 is 28.1. The number of aromatic nitrogens is 6. The molecule has 248 valence electrons. The van der Waals surface area contributed by atoms with Crippen molar-refractivity contribution in [3.05, 3.63) is 40.1 Å². The Labute approximate surface area is 283 Å². The highest BCUT2D eigenvalue weighted by Crippen LogP contribution is 2.58. The average molecular weight is 777 g/mol. The number of fused-ring (bicyclic) bond motifs is 5. The van der Waals surface area contributed by atoms with Crippen LogP contribution in [0.5, 0.6) is 0 Å². The summed E-state index contributed by atoms with van der Waals surface area (Å²) in [6, 6.07) is 2.97. The molecule has 0 amide bonds. The lowest BCUT2D eigenvalue weighted by atomic mass is 10.1. The quantitative estimate of drug-likeness (QED) is 0.146. The van der Waals surface area contributed by atoms with E-state index in [1.807, 2.05) is 0 Å². The first-order valence-electron chi connectivity index (χ1n) is 13.2. The van der Waals surface area contributed by atoms with Gasteiger partial charge in [0.25, 0.3) is 0 Å². The largest absolute Gasteiger partial charge is 0.387 e. The molecule has 3 fully saturated rings. The van der Waals surface area contributed by atoms with Gasteiger partial charge in [-0.25, -0.2) is 24.5 Å². The second-order valence-electron chi connectivity index (χ2n) is 10.4. The molecule has 4 unspecified atom stereocenters. The number of nitrogens with zero attached hydrogens (tertiary/aromatic N) is 6. The molecule has 46 heavy (non-hydrogen) atoms. The SMILES string of the molecule is Nc1ncnc2c1ncn2[C@@H]1O[C@@H]2COP(O)(=S)O[C@@H]3C(O)[C@H](n4c(Cl)nc5cc(Cl)c(Cl)cc54)O[C@@H]3COP(=O)(S)O[C@H]1C2O. The van der Waals surface area contributed by atoms with Crippen molar-refractivity contribution < 1.29 is 47.2 Å². The Bertz CT molecular complexity index is 1940. The molecular weight excluding hydrogens is 755 g/mol. The zero-order chi connectivity index (χ0) is 32.7. The van der Waals surface area contributed by atoms with Crippen LogP contribution < -0.4 is 5.73 Å². The first-order chi connectivity index (χ1) is 21.7. The van der Waals surface area contributed by atoms with E-state index in [0.717, 1.165) is 0 Å².